The molecule has 0 spiro atoms. The van der Waals surface area contributed by atoms with Crippen LogP contribution in [-0.4, -0.2) is 0 Å². The van der Waals surface area contributed by atoms with Crippen molar-refractivity contribution in [1.82, 2.24) is 0 Å². The molecule has 0 radical (unpaired) electrons. The van der Waals surface area contributed by atoms with Gasteiger partial charge in [0.2, 0.25) is 0 Å². The van der Waals surface area contributed by atoms with Crippen molar-refractivity contribution in [2.75, 3.05) is 4.90 Å². The number of furan rings is 1. The van der Waals surface area contributed by atoms with Crippen molar-refractivity contribution < 1.29 is 4.42 Å². The highest BCUT2D eigenvalue weighted by atomic mass is 32.1. The number of rotatable bonds is 4. The van der Waals surface area contributed by atoms with Gasteiger partial charge in [0.25, 0.3) is 0 Å². The molecule has 0 N–H and O–H groups in total. The number of thiophene rings is 1. The summed E-state index contributed by atoms with van der Waals surface area (Å²) in [5.41, 5.74) is 12.8. The van der Waals surface area contributed by atoms with Gasteiger partial charge in [0.05, 0.1) is 5.69 Å². The molecule has 0 saturated heterocycles. The molecule has 0 atom stereocenters. The molecule has 2 aromatic heterocycles. The quantitative estimate of drug-likeness (QED) is 0.184. The van der Waals surface area contributed by atoms with Crippen LogP contribution in [0.15, 0.2) is 168 Å². The number of nitrogens with zero attached hydrogens (tertiary/aromatic N) is 1. The highest BCUT2D eigenvalue weighted by Gasteiger charge is 2.37. The second-order valence-corrected chi connectivity index (χ2v) is 15.6. The van der Waals surface area contributed by atoms with Gasteiger partial charge in [-0.05, 0) is 76.2 Å². The topological polar surface area (TPSA) is 16.4 Å². The van der Waals surface area contributed by atoms with Crippen LogP contribution in [0.3, 0.4) is 0 Å². The van der Waals surface area contributed by atoms with E-state index in [2.05, 4.69) is 183 Å². The van der Waals surface area contributed by atoms with Gasteiger partial charge in [0.15, 0.2) is 0 Å². The van der Waals surface area contributed by atoms with Gasteiger partial charge >= 0.3 is 0 Å². The van der Waals surface area contributed by atoms with Gasteiger partial charge in [-0.3, -0.25) is 0 Å². The van der Waals surface area contributed by atoms with Crippen molar-refractivity contribution in [1.29, 1.82) is 0 Å². The van der Waals surface area contributed by atoms with Gasteiger partial charge in [-0.15, -0.1) is 11.3 Å². The molecule has 0 unspecified atom stereocenters. The van der Waals surface area contributed by atoms with Crippen molar-refractivity contribution in [3.63, 3.8) is 0 Å². The molecule has 1 aliphatic carbocycles. The van der Waals surface area contributed by atoms with E-state index >= 15 is 0 Å². The van der Waals surface area contributed by atoms with Crippen LogP contribution in [0.4, 0.5) is 17.1 Å². The fraction of sp³-hybridized carbons (Fsp3) is 0.0612. The molecule has 0 aliphatic heterocycles. The number of anilines is 3. The maximum atomic E-state index is 6.73. The van der Waals surface area contributed by atoms with Crippen molar-refractivity contribution >= 4 is 81.3 Å². The summed E-state index contributed by atoms with van der Waals surface area (Å²) in [7, 11) is 0. The summed E-state index contributed by atoms with van der Waals surface area (Å²) in [5, 5.41) is 7.21. The Morgan fingerprint density at radius 3 is 2.06 bits per heavy atom. The van der Waals surface area contributed by atoms with Crippen LogP contribution in [0.1, 0.15) is 25.0 Å². The van der Waals surface area contributed by atoms with Gasteiger partial charge < -0.3 is 9.32 Å². The molecule has 246 valence electrons. The second-order valence-electron chi connectivity index (χ2n) is 14.5. The lowest BCUT2D eigenvalue weighted by atomic mass is 9.82. The lowest BCUT2D eigenvalue weighted by Gasteiger charge is -2.29. The second kappa shape index (κ2) is 10.9. The van der Waals surface area contributed by atoms with E-state index in [0.29, 0.717) is 0 Å². The van der Waals surface area contributed by atoms with E-state index in [4.69, 9.17) is 4.42 Å². The van der Waals surface area contributed by atoms with Crippen molar-refractivity contribution in [2.45, 2.75) is 19.3 Å². The Morgan fingerprint density at radius 1 is 0.481 bits per heavy atom. The molecule has 0 fully saturated rings. The molecule has 8 aromatic carbocycles. The van der Waals surface area contributed by atoms with Crippen LogP contribution in [0, 0.1) is 0 Å². The molecule has 2 nitrogen and oxygen atoms in total. The maximum absolute atomic E-state index is 6.73. The predicted octanol–water partition coefficient (Wildman–Crippen LogP) is 14.6. The zero-order valence-corrected chi connectivity index (χ0v) is 29.7. The maximum Gasteiger partial charge on any atom is 0.143 e. The standard InChI is InChI=1S/C49H33NOS/c1-49(2)41-17-7-5-14-39(41)46-42(49)18-10-19-43(46)50(33-26-28-45-40(29-33)36-13-6-8-20-44(36)52-45)32-24-21-31(22-25-32)35-15-9-16-37-38-27-23-30-11-3-4-12-34(30)48(38)51-47(35)37/h3-29H,1-2H3. The third kappa shape index (κ3) is 4.17. The normalized spacial score (nSPS) is 13.3. The minimum Gasteiger partial charge on any atom is -0.455 e. The van der Waals surface area contributed by atoms with Gasteiger partial charge in [-0.2, -0.15) is 0 Å². The summed E-state index contributed by atoms with van der Waals surface area (Å²) in [6, 6.07) is 59.9. The average molecular weight is 684 g/mol. The average Bonchev–Trinajstić information content (AvgIpc) is 3.83. The van der Waals surface area contributed by atoms with Crippen LogP contribution >= 0.6 is 11.3 Å². The Labute approximate surface area is 305 Å². The first-order valence-electron chi connectivity index (χ1n) is 17.9. The van der Waals surface area contributed by atoms with Crippen molar-refractivity contribution in [3.8, 4) is 22.3 Å². The van der Waals surface area contributed by atoms with Crippen molar-refractivity contribution in [3.05, 3.63) is 175 Å². The molecular weight excluding hydrogens is 651 g/mol. The molecular formula is C49H33NOS. The van der Waals surface area contributed by atoms with Crippen LogP contribution in [0.2, 0.25) is 0 Å². The van der Waals surface area contributed by atoms with E-state index in [9.17, 15) is 0 Å². The smallest absolute Gasteiger partial charge is 0.143 e. The van der Waals surface area contributed by atoms with E-state index in [1.807, 2.05) is 11.3 Å². The highest BCUT2D eigenvalue weighted by molar-refractivity contribution is 7.25. The summed E-state index contributed by atoms with van der Waals surface area (Å²) < 4.78 is 9.35. The minimum absolute atomic E-state index is 0.0957. The van der Waals surface area contributed by atoms with E-state index in [1.165, 1.54) is 53.5 Å². The lowest BCUT2D eigenvalue weighted by molar-refractivity contribution is 0.660. The highest BCUT2D eigenvalue weighted by Crippen LogP contribution is 2.54. The summed E-state index contributed by atoms with van der Waals surface area (Å²) in [5.74, 6) is 0. The fourth-order valence-corrected chi connectivity index (χ4v) is 9.83. The number of para-hydroxylation sites is 1. The zero-order chi connectivity index (χ0) is 34.6. The monoisotopic (exact) mass is 683 g/mol. The number of fused-ring (bicyclic) bond motifs is 11. The van der Waals surface area contributed by atoms with E-state index in [1.54, 1.807) is 0 Å². The molecule has 0 amide bonds. The SMILES string of the molecule is CC1(C)c2ccccc2-c2c(N(c3ccc(-c4cccc5c4oc4c6ccccc6ccc54)cc3)c3ccc4sc5ccccc5c4c3)cccc21. The predicted molar refractivity (Wildman–Crippen MR) is 222 cm³/mol. The Hall–Kier alpha value is -6.16. The van der Waals surface area contributed by atoms with Crippen LogP contribution < -0.4 is 4.90 Å². The molecule has 0 bridgehead atoms. The molecule has 0 saturated carbocycles. The third-order valence-corrected chi connectivity index (χ3v) is 12.4. The number of hydrogen-bond donors (Lipinski definition) is 0. The first kappa shape index (κ1) is 29.6. The Balaban J connectivity index is 1.11. The van der Waals surface area contributed by atoms with E-state index in [-0.39, 0.29) is 5.41 Å². The number of hydrogen-bond acceptors (Lipinski definition) is 3. The molecule has 10 aromatic rings. The summed E-state index contributed by atoms with van der Waals surface area (Å²) >= 11 is 1.86. The third-order valence-electron chi connectivity index (χ3n) is 11.3. The van der Waals surface area contributed by atoms with Gasteiger partial charge in [-0.25, -0.2) is 0 Å². The molecule has 11 rings (SSSR count). The Morgan fingerprint density at radius 2 is 1.15 bits per heavy atom. The largest absolute Gasteiger partial charge is 0.455 e. The van der Waals surface area contributed by atoms with Gasteiger partial charge in [-0.1, -0.05) is 129 Å². The molecule has 3 heteroatoms. The minimum atomic E-state index is -0.0957. The van der Waals surface area contributed by atoms with Crippen molar-refractivity contribution in [2.24, 2.45) is 0 Å². The molecule has 1 aliphatic rings. The fourth-order valence-electron chi connectivity index (χ4n) is 8.75. The Bertz CT molecular complexity index is 3050. The van der Waals surface area contributed by atoms with Crippen LogP contribution in [0.25, 0.3) is 75.1 Å². The van der Waals surface area contributed by atoms with Gasteiger partial charge in [0, 0.05) is 64.2 Å². The lowest BCUT2D eigenvalue weighted by Crippen LogP contribution is -2.16. The van der Waals surface area contributed by atoms with Crippen LogP contribution in [0.5, 0.6) is 0 Å². The van der Waals surface area contributed by atoms with E-state index < -0.39 is 0 Å². The molecule has 52 heavy (non-hydrogen) atoms. The first-order chi connectivity index (χ1) is 25.5. The van der Waals surface area contributed by atoms with Crippen LogP contribution in [-0.2, 0) is 5.41 Å². The summed E-state index contributed by atoms with van der Waals surface area (Å²) in [6.07, 6.45) is 0. The van der Waals surface area contributed by atoms with Gasteiger partial charge in [0.1, 0.15) is 11.2 Å². The van der Waals surface area contributed by atoms with E-state index in [0.717, 1.165) is 49.8 Å². The summed E-state index contributed by atoms with van der Waals surface area (Å²) in [4.78, 5) is 2.46. The first-order valence-corrected chi connectivity index (χ1v) is 18.7. The summed E-state index contributed by atoms with van der Waals surface area (Å²) in [6.45, 7) is 4.71. The zero-order valence-electron chi connectivity index (χ0n) is 28.9. The number of benzene rings is 8. The molecule has 2 heterocycles. The Kier molecular flexibility index (Phi) is 6.21.